The Kier molecular flexibility index (Phi) is 10.2. The zero-order chi connectivity index (χ0) is 31.6. The van der Waals surface area contributed by atoms with Gasteiger partial charge in [0.25, 0.3) is 11.8 Å². The van der Waals surface area contributed by atoms with E-state index >= 15 is 0 Å². The fourth-order valence-electron chi connectivity index (χ4n) is 4.57. The van der Waals surface area contributed by atoms with Gasteiger partial charge in [-0.3, -0.25) is 14.4 Å². The van der Waals surface area contributed by atoms with Crippen molar-refractivity contribution in [2.75, 3.05) is 10.6 Å². The van der Waals surface area contributed by atoms with Gasteiger partial charge in [0.2, 0.25) is 5.91 Å². The molecule has 0 aliphatic rings. The molecule has 0 aliphatic heterocycles. The van der Waals surface area contributed by atoms with Gasteiger partial charge in [0.15, 0.2) is 0 Å². The first kappa shape index (κ1) is 31.0. The fraction of sp³-hybridized carbons (Fsp3) is 0.0789. The van der Waals surface area contributed by atoms with Gasteiger partial charge in [-0.25, -0.2) is 0 Å². The summed E-state index contributed by atoms with van der Waals surface area (Å²) in [6.07, 6.45) is 1.64. The second-order valence-electron chi connectivity index (χ2n) is 10.5. The monoisotopic (exact) mass is 611 g/mol. The second-order valence-corrected chi connectivity index (χ2v) is 11.6. The molecular weight excluding hydrogens is 579 g/mol. The van der Waals surface area contributed by atoms with Crippen molar-refractivity contribution in [1.82, 2.24) is 5.32 Å². The van der Waals surface area contributed by atoms with Crippen LogP contribution in [0.3, 0.4) is 0 Å². The SMILES string of the molecule is Cc1ccc(NC(=O)C(Sc2cccc(NC(=O)/C(=C/c3ccccc3)NC(=O)c3ccccc3)c2)c2ccccc2)cc1C. The normalized spacial score (nSPS) is 11.7. The Labute approximate surface area is 267 Å². The number of thioether (sulfide) groups is 1. The molecule has 3 N–H and O–H groups in total. The highest BCUT2D eigenvalue weighted by atomic mass is 32.2. The number of carbonyl (C=O) groups is 3. The molecule has 1 atom stereocenters. The number of nitrogens with one attached hydrogen (secondary N) is 3. The van der Waals surface area contributed by atoms with E-state index in [1.807, 2.05) is 117 Å². The van der Waals surface area contributed by atoms with E-state index in [0.29, 0.717) is 11.3 Å². The maximum atomic E-state index is 13.6. The van der Waals surface area contributed by atoms with Crippen molar-refractivity contribution in [1.29, 1.82) is 0 Å². The summed E-state index contributed by atoms with van der Waals surface area (Å²) in [6.45, 7) is 4.05. The van der Waals surface area contributed by atoms with Gasteiger partial charge >= 0.3 is 0 Å². The van der Waals surface area contributed by atoms with Crippen LogP contribution in [-0.4, -0.2) is 17.7 Å². The Bertz CT molecular complexity index is 1820. The van der Waals surface area contributed by atoms with Crippen LogP contribution in [0.4, 0.5) is 11.4 Å². The summed E-state index contributed by atoms with van der Waals surface area (Å²) in [6, 6.07) is 40.8. The molecule has 0 saturated carbocycles. The van der Waals surface area contributed by atoms with Gasteiger partial charge in [-0.15, -0.1) is 11.8 Å². The summed E-state index contributed by atoms with van der Waals surface area (Å²) in [4.78, 5) is 40.9. The molecule has 0 aliphatic carbocycles. The van der Waals surface area contributed by atoms with E-state index in [2.05, 4.69) is 16.0 Å². The third-order valence-corrected chi connectivity index (χ3v) is 8.35. The molecule has 0 bridgehead atoms. The summed E-state index contributed by atoms with van der Waals surface area (Å²) in [5, 5.41) is 8.21. The van der Waals surface area contributed by atoms with Gasteiger partial charge in [-0.05, 0) is 84.6 Å². The fourth-order valence-corrected chi connectivity index (χ4v) is 5.65. The molecule has 1 unspecified atom stereocenters. The average Bonchev–Trinajstić information content (AvgIpc) is 3.06. The average molecular weight is 612 g/mol. The van der Waals surface area contributed by atoms with Gasteiger partial charge < -0.3 is 16.0 Å². The lowest BCUT2D eigenvalue weighted by molar-refractivity contribution is -0.116. The highest BCUT2D eigenvalue weighted by molar-refractivity contribution is 8.00. The molecule has 224 valence electrons. The quantitative estimate of drug-likeness (QED) is 0.110. The van der Waals surface area contributed by atoms with Crippen LogP contribution in [0.5, 0.6) is 0 Å². The van der Waals surface area contributed by atoms with Crippen molar-refractivity contribution in [3.05, 3.63) is 167 Å². The van der Waals surface area contributed by atoms with Crippen LogP contribution in [-0.2, 0) is 9.59 Å². The van der Waals surface area contributed by atoms with Crippen LogP contribution in [0.2, 0.25) is 0 Å². The van der Waals surface area contributed by atoms with Crippen LogP contribution >= 0.6 is 11.8 Å². The molecule has 6 nitrogen and oxygen atoms in total. The van der Waals surface area contributed by atoms with Crippen LogP contribution in [0.1, 0.15) is 37.9 Å². The minimum atomic E-state index is -0.544. The molecule has 5 aromatic rings. The molecule has 7 heteroatoms. The van der Waals surface area contributed by atoms with Gasteiger partial charge in [0.1, 0.15) is 10.9 Å². The Morgan fingerprint density at radius 3 is 1.98 bits per heavy atom. The molecular formula is C38H33N3O3S. The van der Waals surface area contributed by atoms with Gasteiger partial charge in [0, 0.05) is 21.8 Å². The standard InChI is InChI=1S/C38H33N3O3S/c1-26-21-22-32(23-27(26)2)40-38(44)35(29-15-8-4-9-16-29)45-33-20-12-19-31(25-33)39-37(43)34(24-28-13-6-3-7-14-28)41-36(42)30-17-10-5-11-18-30/h3-25,35H,1-2H3,(H,39,43)(H,40,44)(H,41,42)/b34-24-. The largest absolute Gasteiger partial charge is 0.325 e. The summed E-state index contributed by atoms with van der Waals surface area (Å²) >= 11 is 1.39. The van der Waals surface area contributed by atoms with Crippen molar-refractivity contribution in [3.63, 3.8) is 0 Å². The van der Waals surface area contributed by atoms with Gasteiger partial charge in [-0.2, -0.15) is 0 Å². The first-order valence-corrected chi connectivity index (χ1v) is 15.4. The van der Waals surface area contributed by atoms with E-state index in [1.165, 1.54) is 11.8 Å². The lowest BCUT2D eigenvalue weighted by Crippen LogP contribution is -2.30. The first-order chi connectivity index (χ1) is 21.9. The molecule has 0 fully saturated rings. The zero-order valence-corrected chi connectivity index (χ0v) is 25.8. The molecule has 3 amide bonds. The lowest BCUT2D eigenvalue weighted by atomic mass is 10.1. The minimum Gasteiger partial charge on any atom is -0.325 e. The van der Waals surface area contributed by atoms with Crippen molar-refractivity contribution in [3.8, 4) is 0 Å². The highest BCUT2D eigenvalue weighted by Crippen LogP contribution is 2.37. The van der Waals surface area contributed by atoms with Gasteiger partial charge in [0.05, 0.1) is 0 Å². The van der Waals surface area contributed by atoms with Crippen LogP contribution in [0.15, 0.2) is 144 Å². The van der Waals surface area contributed by atoms with Crippen molar-refractivity contribution < 1.29 is 14.4 Å². The van der Waals surface area contributed by atoms with Crippen LogP contribution in [0, 0.1) is 13.8 Å². The van der Waals surface area contributed by atoms with E-state index in [9.17, 15) is 14.4 Å². The Morgan fingerprint density at radius 1 is 0.644 bits per heavy atom. The number of aryl methyl sites for hydroxylation is 2. The van der Waals surface area contributed by atoms with Crippen LogP contribution < -0.4 is 16.0 Å². The Balaban J connectivity index is 1.36. The van der Waals surface area contributed by atoms with E-state index < -0.39 is 17.1 Å². The minimum absolute atomic E-state index is 0.100. The molecule has 0 radical (unpaired) electrons. The van der Waals surface area contributed by atoms with E-state index in [4.69, 9.17) is 0 Å². The van der Waals surface area contributed by atoms with Crippen molar-refractivity contribution in [2.45, 2.75) is 24.0 Å². The van der Waals surface area contributed by atoms with Crippen molar-refractivity contribution >= 4 is 46.9 Å². The topological polar surface area (TPSA) is 87.3 Å². The zero-order valence-electron chi connectivity index (χ0n) is 25.0. The third-order valence-electron chi connectivity index (χ3n) is 7.10. The molecule has 45 heavy (non-hydrogen) atoms. The maximum absolute atomic E-state index is 13.6. The predicted octanol–water partition coefficient (Wildman–Crippen LogP) is 8.19. The van der Waals surface area contributed by atoms with E-state index in [-0.39, 0.29) is 11.6 Å². The number of hydrogen-bond acceptors (Lipinski definition) is 4. The summed E-state index contributed by atoms with van der Waals surface area (Å²) in [5.74, 6) is -1.02. The van der Waals surface area contributed by atoms with E-state index in [1.54, 1.807) is 36.4 Å². The summed E-state index contributed by atoms with van der Waals surface area (Å²) in [5.41, 5.74) is 5.68. The Hall–Kier alpha value is -5.40. The molecule has 5 rings (SSSR count). The molecule has 0 spiro atoms. The number of carbonyl (C=O) groups excluding carboxylic acids is 3. The number of rotatable bonds is 10. The number of hydrogen-bond donors (Lipinski definition) is 3. The van der Waals surface area contributed by atoms with Gasteiger partial charge in [-0.1, -0.05) is 91.0 Å². The smallest absolute Gasteiger partial charge is 0.272 e. The molecule has 5 aromatic carbocycles. The number of benzene rings is 5. The third kappa shape index (κ3) is 8.59. The predicted molar refractivity (Wildman–Crippen MR) is 183 cm³/mol. The van der Waals surface area contributed by atoms with Crippen LogP contribution in [0.25, 0.3) is 6.08 Å². The number of amides is 3. The summed E-state index contributed by atoms with van der Waals surface area (Å²) < 4.78 is 0. The molecule has 0 aromatic heterocycles. The van der Waals surface area contributed by atoms with E-state index in [0.717, 1.165) is 32.8 Å². The first-order valence-electron chi connectivity index (χ1n) is 14.5. The number of anilines is 2. The maximum Gasteiger partial charge on any atom is 0.272 e. The molecule has 0 saturated heterocycles. The Morgan fingerprint density at radius 2 is 1.29 bits per heavy atom. The second kappa shape index (κ2) is 14.9. The van der Waals surface area contributed by atoms with Crippen molar-refractivity contribution in [2.24, 2.45) is 0 Å². The highest BCUT2D eigenvalue weighted by Gasteiger charge is 2.23. The summed E-state index contributed by atoms with van der Waals surface area (Å²) in [7, 11) is 0. The lowest BCUT2D eigenvalue weighted by Gasteiger charge is -2.18. The molecule has 0 heterocycles.